The molecule has 0 aliphatic heterocycles. The molecule has 0 saturated heterocycles. The zero-order valence-electron chi connectivity index (χ0n) is 16.4. The van der Waals surface area contributed by atoms with E-state index in [1.807, 2.05) is 51.2 Å². The molecule has 28 heavy (non-hydrogen) atoms. The van der Waals surface area contributed by atoms with Crippen LogP contribution in [0.5, 0.6) is 23.1 Å². The molecule has 0 bridgehead atoms. The lowest BCUT2D eigenvalue weighted by Crippen LogP contribution is -2.05. The van der Waals surface area contributed by atoms with Crippen molar-refractivity contribution >= 4 is 11.6 Å². The van der Waals surface area contributed by atoms with Gasteiger partial charge in [0.2, 0.25) is 5.88 Å². The molecule has 1 aromatic heterocycles. The minimum Gasteiger partial charge on any atom is -0.489 e. The number of hydrogen-bond donors (Lipinski definition) is 0. The summed E-state index contributed by atoms with van der Waals surface area (Å²) in [5.41, 5.74) is 2.64. The molecule has 2 aromatic carbocycles. The van der Waals surface area contributed by atoms with Crippen molar-refractivity contribution < 1.29 is 18.9 Å². The van der Waals surface area contributed by atoms with Crippen molar-refractivity contribution in [1.29, 1.82) is 0 Å². The number of halogens is 1. The molecule has 148 valence electrons. The number of aryl methyl sites for hydroxylation is 2. The first kappa shape index (κ1) is 20.0. The van der Waals surface area contributed by atoms with Crippen molar-refractivity contribution in [1.82, 2.24) is 9.78 Å². The van der Waals surface area contributed by atoms with Crippen LogP contribution in [0.2, 0.25) is 5.02 Å². The summed E-state index contributed by atoms with van der Waals surface area (Å²) in [6, 6.07) is 13.1. The predicted molar refractivity (Wildman–Crippen MR) is 107 cm³/mol. The minimum atomic E-state index is 0.100. The van der Waals surface area contributed by atoms with Crippen LogP contribution in [0.4, 0.5) is 0 Å². The van der Waals surface area contributed by atoms with E-state index >= 15 is 0 Å². The highest BCUT2D eigenvalue weighted by Crippen LogP contribution is 2.37. The van der Waals surface area contributed by atoms with Crippen LogP contribution >= 0.6 is 11.6 Å². The number of nitrogens with zero attached hydrogens (tertiary/aromatic N) is 2. The van der Waals surface area contributed by atoms with Gasteiger partial charge in [-0.15, -0.1) is 0 Å². The summed E-state index contributed by atoms with van der Waals surface area (Å²) >= 11 is 6.48. The summed E-state index contributed by atoms with van der Waals surface area (Å²) < 4.78 is 24.3. The van der Waals surface area contributed by atoms with Crippen LogP contribution < -0.4 is 14.2 Å². The zero-order valence-corrected chi connectivity index (χ0v) is 17.1. The molecule has 0 aliphatic carbocycles. The maximum Gasteiger partial charge on any atom is 0.220 e. The molecular formula is C21H23ClN2O4. The van der Waals surface area contributed by atoms with Crippen molar-refractivity contribution in [2.75, 3.05) is 13.9 Å². The summed E-state index contributed by atoms with van der Waals surface area (Å²) in [4.78, 5) is 0. The Morgan fingerprint density at radius 2 is 1.79 bits per heavy atom. The Hall–Kier alpha value is -2.70. The number of benzene rings is 2. The predicted octanol–water partition coefficient (Wildman–Crippen LogP) is 5.04. The van der Waals surface area contributed by atoms with Crippen LogP contribution in [0.1, 0.15) is 16.8 Å². The molecule has 1 heterocycles. The first-order valence-electron chi connectivity index (χ1n) is 8.79. The molecule has 7 heteroatoms. The van der Waals surface area contributed by atoms with Crippen molar-refractivity contribution in [3.8, 4) is 23.1 Å². The maximum atomic E-state index is 6.48. The van der Waals surface area contributed by atoms with Crippen LogP contribution in [0, 0.1) is 13.8 Å². The molecule has 0 amide bonds. The fourth-order valence-electron chi connectivity index (χ4n) is 2.69. The van der Waals surface area contributed by atoms with Gasteiger partial charge in [0.1, 0.15) is 18.1 Å². The summed E-state index contributed by atoms with van der Waals surface area (Å²) in [7, 11) is 3.39. The standard InChI is InChI=1S/C21H23ClN2O4/c1-14-15(2)23-24(3)21(14)28-20-11-19(27-13-25-4)16(10-18(20)22)12-26-17-8-6-5-7-9-17/h5-11H,12-13H2,1-4H3. The Bertz CT molecular complexity index is 941. The molecule has 0 unspecified atom stereocenters. The van der Waals surface area contributed by atoms with Crippen LogP contribution in [-0.2, 0) is 18.4 Å². The van der Waals surface area contributed by atoms with Crippen molar-refractivity contribution in [3.05, 3.63) is 64.3 Å². The average Bonchev–Trinajstić information content (AvgIpc) is 2.93. The third-order valence-corrected chi connectivity index (χ3v) is 4.54. The quantitative estimate of drug-likeness (QED) is 0.494. The van der Waals surface area contributed by atoms with E-state index in [1.165, 1.54) is 0 Å². The van der Waals surface area contributed by atoms with E-state index in [2.05, 4.69) is 5.10 Å². The van der Waals surface area contributed by atoms with Gasteiger partial charge in [-0.1, -0.05) is 29.8 Å². The van der Waals surface area contributed by atoms with Crippen LogP contribution in [0.15, 0.2) is 42.5 Å². The summed E-state index contributed by atoms with van der Waals surface area (Å²) in [5, 5.41) is 4.82. The number of ether oxygens (including phenoxy) is 4. The van der Waals surface area contributed by atoms with Gasteiger partial charge in [0, 0.05) is 31.4 Å². The van der Waals surface area contributed by atoms with Crippen molar-refractivity contribution in [2.24, 2.45) is 7.05 Å². The van der Waals surface area contributed by atoms with E-state index in [1.54, 1.807) is 23.9 Å². The Balaban J connectivity index is 1.87. The second kappa shape index (κ2) is 8.99. The molecule has 6 nitrogen and oxygen atoms in total. The molecule has 0 radical (unpaired) electrons. The maximum absolute atomic E-state index is 6.48. The number of para-hydroxylation sites is 1. The Labute approximate surface area is 169 Å². The lowest BCUT2D eigenvalue weighted by atomic mass is 10.2. The van der Waals surface area contributed by atoms with E-state index in [4.69, 9.17) is 30.5 Å². The van der Waals surface area contributed by atoms with E-state index < -0.39 is 0 Å². The second-order valence-corrected chi connectivity index (χ2v) is 6.69. The minimum absolute atomic E-state index is 0.100. The van der Waals surface area contributed by atoms with Crippen LogP contribution in [0.3, 0.4) is 0 Å². The van der Waals surface area contributed by atoms with Gasteiger partial charge in [-0.25, -0.2) is 4.68 Å². The molecule has 0 atom stereocenters. The normalized spacial score (nSPS) is 10.8. The number of hydrogen-bond acceptors (Lipinski definition) is 5. The highest BCUT2D eigenvalue weighted by Gasteiger charge is 2.17. The zero-order chi connectivity index (χ0) is 20.1. The van der Waals surface area contributed by atoms with Gasteiger partial charge in [-0.3, -0.25) is 0 Å². The molecule has 3 rings (SSSR count). The van der Waals surface area contributed by atoms with Gasteiger partial charge in [-0.05, 0) is 32.0 Å². The van der Waals surface area contributed by atoms with E-state index in [0.29, 0.717) is 29.0 Å². The molecule has 0 aliphatic rings. The smallest absolute Gasteiger partial charge is 0.220 e. The largest absolute Gasteiger partial charge is 0.489 e. The molecule has 0 N–H and O–H groups in total. The van der Waals surface area contributed by atoms with E-state index in [-0.39, 0.29) is 6.79 Å². The number of rotatable bonds is 8. The third-order valence-electron chi connectivity index (χ3n) is 4.25. The van der Waals surface area contributed by atoms with Gasteiger partial charge in [0.25, 0.3) is 0 Å². The molecular weight excluding hydrogens is 380 g/mol. The Kier molecular flexibility index (Phi) is 6.44. The lowest BCUT2D eigenvalue weighted by Gasteiger charge is -2.16. The highest BCUT2D eigenvalue weighted by atomic mass is 35.5. The molecule has 0 saturated carbocycles. The fraction of sp³-hybridized carbons (Fsp3) is 0.286. The lowest BCUT2D eigenvalue weighted by molar-refractivity contribution is 0.0496. The molecule has 0 fully saturated rings. The van der Waals surface area contributed by atoms with Crippen LogP contribution in [0.25, 0.3) is 0 Å². The van der Waals surface area contributed by atoms with Gasteiger partial charge in [-0.2, -0.15) is 5.10 Å². The van der Waals surface area contributed by atoms with Gasteiger partial charge in [0.05, 0.1) is 10.7 Å². The Morgan fingerprint density at radius 3 is 2.43 bits per heavy atom. The summed E-state index contributed by atoms with van der Waals surface area (Å²) in [5.74, 6) is 2.44. The average molecular weight is 403 g/mol. The van der Waals surface area contributed by atoms with Crippen LogP contribution in [-0.4, -0.2) is 23.7 Å². The summed E-state index contributed by atoms with van der Waals surface area (Å²) in [6.07, 6.45) is 0. The van der Waals surface area contributed by atoms with E-state index in [0.717, 1.165) is 22.6 Å². The number of aromatic nitrogens is 2. The van der Waals surface area contributed by atoms with Gasteiger partial charge < -0.3 is 18.9 Å². The van der Waals surface area contributed by atoms with Gasteiger partial charge >= 0.3 is 0 Å². The summed E-state index contributed by atoms with van der Waals surface area (Å²) in [6.45, 7) is 4.28. The fourth-order valence-corrected chi connectivity index (χ4v) is 2.92. The monoisotopic (exact) mass is 402 g/mol. The first-order chi connectivity index (χ1) is 13.5. The van der Waals surface area contributed by atoms with Gasteiger partial charge in [0.15, 0.2) is 12.5 Å². The second-order valence-electron chi connectivity index (χ2n) is 6.28. The van der Waals surface area contributed by atoms with Crippen molar-refractivity contribution in [3.63, 3.8) is 0 Å². The highest BCUT2D eigenvalue weighted by molar-refractivity contribution is 6.32. The number of methoxy groups -OCH3 is 1. The first-order valence-corrected chi connectivity index (χ1v) is 9.17. The third kappa shape index (κ3) is 4.58. The Morgan fingerprint density at radius 1 is 1.04 bits per heavy atom. The SMILES string of the molecule is COCOc1cc(Oc2c(C)c(C)nn2C)c(Cl)cc1COc1ccccc1. The topological polar surface area (TPSA) is 54.7 Å². The molecule has 3 aromatic rings. The molecule has 0 spiro atoms. The van der Waals surface area contributed by atoms with E-state index in [9.17, 15) is 0 Å². The van der Waals surface area contributed by atoms with Crippen molar-refractivity contribution in [2.45, 2.75) is 20.5 Å².